The van der Waals surface area contributed by atoms with Gasteiger partial charge in [-0.15, -0.1) is 11.8 Å². The minimum Gasteiger partial charge on any atom is -0.367 e. The average molecular weight is 371 g/mol. The van der Waals surface area contributed by atoms with Gasteiger partial charge in [-0.2, -0.15) is 0 Å². The summed E-state index contributed by atoms with van der Waals surface area (Å²) in [6.07, 6.45) is 2.55. The molecule has 1 N–H and O–H groups in total. The van der Waals surface area contributed by atoms with Crippen LogP contribution < -0.4 is 10.2 Å². The van der Waals surface area contributed by atoms with Gasteiger partial charge in [-0.3, -0.25) is 0 Å². The Bertz CT molecular complexity index is 835. The van der Waals surface area contributed by atoms with Gasteiger partial charge in [0.05, 0.1) is 5.69 Å². The molecule has 0 unspecified atom stereocenters. The summed E-state index contributed by atoms with van der Waals surface area (Å²) in [5.74, 6) is 1.86. The van der Waals surface area contributed by atoms with Crippen molar-refractivity contribution in [2.75, 3.05) is 30.3 Å². The zero-order chi connectivity index (χ0) is 17.0. The average Bonchev–Trinajstić information content (AvgIpc) is 2.77. The molecule has 2 nitrogen and oxygen atoms in total. The second-order valence-corrected chi connectivity index (χ2v) is 9.01. The third-order valence-electron chi connectivity index (χ3n) is 5.94. The molecule has 4 heteroatoms. The molecule has 0 radical (unpaired) electrons. The monoisotopic (exact) mass is 370 g/mol. The van der Waals surface area contributed by atoms with Gasteiger partial charge < -0.3 is 10.2 Å². The lowest BCUT2D eigenvalue weighted by molar-refractivity contribution is 0.403. The molecule has 1 fully saturated rings. The van der Waals surface area contributed by atoms with Gasteiger partial charge in [0.2, 0.25) is 0 Å². The van der Waals surface area contributed by atoms with Gasteiger partial charge in [-0.05, 0) is 78.6 Å². The van der Waals surface area contributed by atoms with E-state index in [0.29, 0.717) is 12.0 Å². The fraction of sp³-hybridized carbons (Fsp3) is 0.429. The van der Waals surface area contributed by atoms with Crippen molar-refractivity contribution < 1.29 is 0 Å². The standard InChI is InChI=1S/C21H23ClN2S/c1-13-9-15(22)3-4-16(13)14-10-17-18-12-23-6-5-19(18)24-7-2-8-25-20(11-14)21(17)24/h3-4,9-11,18-19,23H,2,5-8,12H2,1H3/t18-,19-/m1/s1. The van der Waals surface area contributed by atoms with E-state index in [4.69, 9.17) is 11.6 Å². The maximum Gasteiger partial charge on any atom is 0.0544 e. The topological polar surface area (TPSA) is 15.3 Å². The van der Waals surface area contributed by atoms with Crippen molar-refractivity contribution in [2.24, 2.45) is 0 Å². The molecule has 130 valence electrons. The number of hydrogen-bond acceptors (Lipinski definition) is 3. The summed E-state index contributed by atoms with van der Waals surface area (Å²) in [4.78, 5) is 4.21. The van der Waals surface area contributed by atoms with Crippen LogP contribution in [0.5, 0.6) is 0 Å². The van der Waals surface area contributed by atoms with E-state index >= 15 is 0 Å². The van der Waals surface area contributed by atoms with Crippen LogP contribution in [-0.2, 0) is 0 Å². The summed E-state index contributed by atoms with van der Waals surface area (Å²) in [5, 5.41) is 4.44. The van der Waals surface area contributed by atoms with Crippen molar-refractivity contribution in [3.8, 4) is 11.1 Å². The predicted molar refractivity (Wildman–Crippen MR) is 108 cm³/mol. The predicted octanol–water partition coefficient (Wildman–Crippen LogP) is 5.08. The first-order valence-electron chi connectivity index (χ1n) is 9.27. The highest BCUT2D eigenvalue weighted by atomic mass is 35.5. The smallest absolute Gasteiger partial charge is 0.0544 e. The summed E-state index contributed by atoms with van der Waals surface area (Å²) in [6, 6.07) is 11.8. The molecule has 2 aromatic carbocycles. The van der Waals surface area contributed by atoms with Crippen molar-refractivity contribution in [1.29, 1.82) is 0 Å². The van der Waals surface area contributed by atoms with Gasteiger partial charge in [0.1, 0.15) is 0 Å². The van der Waals surface area contributed by atoms with Gasteiger partial charge in [-0.1, -0.05) is 17.7 Å². The Morgan fingerprint density at radius 1 is 1.24 bits per heavy atom. The van der Waals surface area contributed by atoms with Gasteiger partial charge >= 0.3 is 0 Å². The van der Waals surface area contributed by atoms with Crippen LogP contribution in [0.1, 0.15) is 29.9 Å². The molecule has 0 bridgehead atoms. The number of nitrogens with zero attached hydrogens (tertiary/aromatic N) is 1. The summed E-state index contributed by atoms with van der Waals surface area (Å²) in [5.41, 5.74) is 7.02. The first-order valence-corrected chi connectivity index (χ1v) is 10.6. The summed E-state index contributed by atoms with van der Waals surface area (Å²) in [6.45, 7) is 5.64. The quantitative estimate of drug-likeness (QED) is 0.753. The van der Waals surface area contributed by atoms with Crippen LogP contribution in [-0.4, -0.2) is 31.4 Å². The molecule has 2 atom stereocenters. The fourth-order valence-electron chi connectivity index (χ4n) is 4.83. The van der Waals surface area contributed by atoms with Gasteiger partial charge in [0, 0.05) is 35.0 Å². The molecule has 3 heterocycles. The molecule has 0 aliphatic carbocycles. The van der Waals surface area contributed by atoms with E-state index in [1.807, 2.05) is 17.8 Å². The van der Waals surface area contributed by atoms with Crippen molar-refractivity contribution in [2.45, 2.75) is 36.6 Å². The summed E-state index contributed by atoms with van der Waals surface area (Å²) in [7, 11) is 0. The third kappa shape index (κ3) is 2.59. The summed E-state index contributed by atoms with van der Waals surface area (Å²) >= 11 is 8.22. The Labute approximate surface area is 158 Å². The molecule has 25 heavy (non-hydrogen) atoms. The van der Waals surface area contributed by atoms with E-state index < -0.39 is 0 Å². The number of thioether (sulfide) groups is 1. The number of rotatable bonds is 1. The van der Waals surface area contributed by atoms with E-state index in [1.165, 1.54) is 52.4 Å². The minimum atomic E-state index is 0.633. The van der Waals surface area contributed by atoms with E-state index in [0.717, 1.165) is 18.1 Å². The Kier molecular flexibility index (Phi) is 3.99. The molecule has 0 spiro atoms. The SMILES string of the molecule is Cc1cc(Cl)ccc1-c1cc2c3c(c1)[C@H]1CNCC[C@H]1N3CCCS2. The molecule has 2 aromatic rings. The van der Waals surface area contributed by atoms with Crippen molar-refractivity contribution >= 4 is 29.1 Å². The highest BCUT2D eigenvalue weighted by Crippen LogP contribution is 2.51. The fourth-order valence-corrected chi connectivity index (χ4v) is 6.13. The van der Waals surface area contributed by atoms with Crippen LogP contribution in [0.2, 0.25) is 5.02 Å². The van der Waals surface area contributed by atoms with E-state index in [9.17, 15) is 0 Å². The van der Waals surface area contributed by atoms with Gasteiger partial charge in [0.25, 0.3) is 0 Å². The van der Waals surface area contributed by atoms with Gasteiger partial charge in [0.15, 0.2) is 0 Å². The first kappa shape index (κ1) is 16.0. The largest absolute Gasteiger partial charge is 0.367 e. The number of halogens is 1. The highest BCUT2D eigenvalue weighted by Gasteiger charge is 2.41. The zero-order valence-electron chi connectivity index (χ0n) is 14.5. The Balaban J connectivity index is 1.69. The van der Waals surface area contributed by atoms with Crippen molar-refractivity contribution in [3.05, 3.63) is 46.5 Å². The second-order valence-electron chi connectivity index (χ2n) is 7.43. The number of piperidine rings is 1. The first-order chi connectivity index (χ1) is 12.2. The lowest BCUT2D eigenvalue weighted by Crippen LogP contribution is -2.44. The molecule has 0 amide bonds. The van der Waals surface area contributed by atoms with Crippen molar-refractivity contribution in [1.82, 2.24) is 5.32 Å². The molecule has 1 saturated heterocycles. The normalized spacial score (nSPS) is 24.6. The van der Waals surface area contributed by atoms with Crippen LogP contribution in [0.3, 0.4) is 0 Å². The van der Waals surface area contributed by atoms with E-state index in [2.05, 4.69) is 41.4 Å². The zero-order valence-corrected chi connectivity index (χ0v) is 16.1. The highest BCUT2D eigenvalue weighted by molar-refractivity contribution is 7.99. The number of fused-ring (bicyclic) bond motifs is 3. The molecular formula is C21H23ClN2S. The van der Waals surface area contributed by atoms with Crippen LogP contribution in [0.4, 0.5) is 5.69 Å². The second kappa shape index (κ2) is 6.22. The molecule has 0 aromatic heterocycles. The molecule has 3 aliphatic rings. The summed E-state index contributed by atoms with van der Waals surface area (Å²) < 4.78 is 0. The Morgan fingerprint density at radius 3 is 3.04 bits per heavy atom. The number of anilines is 1. The van der Waals surface area contributed by atoms with Gasteiger partial charge in [-0.25, -0.2) is 0 Å². The third-order valence-corrected chi connectivity index (χ3v) is 7.29. The maximum atomic E-state index is 6.18. The Hall–Kier alpha value is -1.16. The molecule has 3 aliphatic heterocycles. The van der Waals surface area contributed by atoms with Crippen LogP contribution in [0, 0.1) is 6.92 Å². The van der Waals surface area contributed by atoms with E-state index in [-0.39, 0.29) is 0 Å². The lowest BCUT2D eigenvalue weighted by atomic mass is 9.88. The number of nitrogens with one attached hydrogen (secondary N) is 1. The number of hydrogen-bond donors (Lipinski definition) is 1. The van der Waals surface area contributed by atoms with Crippen molar-refractivity contribution in [3.63, 3.8) is 0 Å². The number of benzene rings is 2. The minimum absolute atomic E-state index is 0.633. The van der Waals surface area contributed by atoms with Crippen LogP contribution in [0.25, 0.3) is 11.1 Å². The molecule has 0 saturated carbocycles. The maximum absolute atomic E-state index is 6.18. The molecule has 5 rings (SSSR count). The molecular weight excluding hydrogens is 348 g/mol. The van der Waals surface area contributed by atoms with E-state index in [1.54, 1.807) is 5.56 Å². The van der Waals surface area contributed by atoms with Crippen LogP contribution >= 0.6 is 23.4 Å². The Morgan fingerprint density at radius 2 is 2.16 bits per heavy atom. The van der Waals surface area contributed by atoms with Crippen LogP contribution in [0.15, 0.2) is 35.2 Å². The number of aryl methyl sites for hydroxylation is 1. The lowest BCUT2D eigenvalue weighted by Gasteiger charge is -2.33.